The quantitative estimate of drug-likeness (QED) is 0.696. The lowest BCUT2D eigenvalue weighted by molar-refractivity contribution is 0.485. The average Bonchev–Trinajstić information content (AvgIpc) is 2.93. The van der Waals surface area contributed by atoms with Crippen LogP contribution in [0.1, 0.15) is 17.5 Å². The Balaban J connectivity index is 1.99. The van der Waals surface area contributed by atoms with E-state index in [1.54, 1.807) is 12.1 Å². The summed E-state index contributed by atoms with van der Waals surface area (Å²) < 4.78 is 53.9. The molecule has 1 aliphatic rings. The van der Waals surface area contributed by atoms with E-state index in [4.69, 9.17) is 4.18 Å². The van der Waals surface area contributed by atoms with Gasteiger partial charge in [-0.3, -0.25) is 0 Å². The van der Waals surface area contributed by atoms with Crippen LogP contribution in [0.4, 0.5) is 0 Å². The van der Waals surface area contributed by atoms with Gasteiger partial charge < -0.3 is 4.18 Å². The fraction of sp³-hybridized carbons (Fsp3) is 0.250. The summed E-state index contributed by atoms with van der Waals surface area (Å²) in [4.78, 5) is -0.298. The molecule has 0 saturated heterocycles. The van der Waals surface area contributed by atoms with E-state index in [0.717, 1.165) is 37.1 Å². The zero-order valence-electron chi connectivity index (χ0n) is 12.8. The lowest BCUT2D eigenvalue weighted by Gasteiger charge is -2.11. The van der Waals surface area contributed by atoms with Crippen LogP contribution in [0, 0.1) is 0 Å². The first-order chi connectivity index (χ1) is 11.2. The van der Waals surface area contributed by atoms with Crippen molar-refractivity contribution in [2.75, 3.05) is 6.26 Å². The number of sulfone groups is 1. The first kappa shape index (κ1) is 17.4. The van der Waals surface area contributed by atoms with Gasteiger partial charge in [-0.15, -0.1) is 0 Å². The van der Waals surface area contributed by atoms with Crippen LogP contribution in [-0.2, 0) is 32.8 Å². The molecule has 1 aliphatic carbocycles. The number of hydrogen-bond acceptors (Lipinski definition) is 5. The molecule has 0 saturated carbocycles. The predicted molar refractivity (Wildman–Crippen MR) is 93.5 cm³/mol. The Morgan fingerprint density at radius 1 is 0.958 bits per heavy atom. The number of rotatable bonds is 4. The van der Waals surface area contributed by atoms with Crippen molar-refractivity contribution in [1.82, 2.24) is 0 Å². The third kappa shape index (κ3) is 3.50. The summed E-state index contributed by atoms with van der Waals surface area (Å²) in [5.74, 6) is 0.229. The van der Waals surface area contributed by atoms with Gasteiger partial charge >= 0.3 is 10.1 Å². The van der Waals surface area contributed by atoms with E-state index in [1.165, 1.54) is 17.7 Å². The minimum Gasteiger partial charge on any atom is -0.379 e. The lowest BCUT2D eigenvalue weighted by Crippen LogP contribution is -2.12. The van der Waals surface area contributed by atoms with E-state index < -0.39 is 20.0 Å². The molecule has 0 unspecified atom stereocenters. The Kier molecular flexibility index (Phi) is 4.48. The standard InChI is InChI=1S/C16H15BrO5S2/c1-23(18,19)14-7-8-15(17)16(10-14)24(20,21)22-13-6-5-11-3-2-4-12(11)9-13/h5-10H,2-4H2,1H3. The molecule has 2 aromatic rings. The Bertz CT molecular complexity index is 1010. The second kappa shape index (κ2) is 6.16. The Morgan fingerprint density at radius 3 is 2.38 bits per heavy atom. The molecule has 2 aromatic carbocycles. The predicted octanol–water partition coefficient (Wildman–Crippen LogP) is 3.11. The molecule has 8 heteroatoms. The van der Waals surface area contributed by atoms with E-state index in [-0.39, 0.29) is 20.0 Å². The summed E-state index contributed by atoms with van der Waals surface area (Å²) in [5.41, 5.74) is 2.30. The third-order valence-electron chi connectivity index (χ3n) is 3.88. The van der Waals surface area contributed by atoms with E-state index in [2.05, 4.69) is 15.9 Å². The molecule has 5 nitrogen and oxygen atoms in total. The van der Waals surface area contributed by atoms with Crippen molar-refractivity contribution in [3.63, 3.8) is 0 Å². The van der Waals surface area contributed by atoms with Gasteiger partial charge in [0.05, 0.1) is 4.90 Å². The molecule has 0 radical (unpaired) electrons. The molecule has 0 fully saturated rings. The smallest absolute Gasteiger partial charge is 0.340 e. The molecule has 0 amide bonds. The van der Waals surface area contributed by atoms with Gasteiger partial charge in [0.15, 0.2) is 9.84 Å². The largest absolute Gasteiger partial charge is 0.379 e. The molecule has 0 atom stereocenters. The normalized spacial score (nSPS) is 14.4. The summed E-state index contributed by atoms with van der Waals surface area (Å²) in [6, 6.07) is 9.05. The maximum absolute atomic E-state index is 12.6. The van der Waals surface area contributed by atoms with E-state index >= 15 is 0 Å². The van der Waals surface area contributed by atoms with Crippen molar-refractivity contribution in [2.24, 2.45) is 0 Å². The highest BCUT2D eigenvalue weighted by Gasteiger charge is 2.23. The van der Waals surface area contributed by atoms with Gasteiger partial charge in [0.1, 0.15) is 10.6 Å². The molecule has 0 heterocycles. The highest BCUT2D eigenvalue weighted by atomic mass is 79.9. The van der Waals surface area contributed by atoms with E-state index in [9.17, 15) is 16.8 Å². The first-order valence-electron chi connectivity index (χ1n) is 7.23. The van der Waals surface area contributed by atoms with Gasteiger partial charge in [-0.05, 0) is 76.7 Å². The lowest BCUT2D eigenvalue weighted by atomic mass is 10.1. The number of benzene rings is 2. The van der Waals surface area contributed by atoms with Crippen LogP contribution in [0.5, 0.6) is 5.75 Å². The van der Waals surface area contributed by atoms with Crippen molar-refractivity contribution >= 4 is 35.9 Å². The van der Waals surface area contributed by atoms with Gasteiger partial charge in [-0.2, -0.15) is 8.42 Å². The van der Waals surface area contributed by atoms with E-state index in [0.29, 0.717) is 0 Å². The van der Waals surface area contributed by atoms with Crippen molar-refractivity contribution in [2.45, 2.75) is 29.1 Å². The summed E-state index contributed by atoms with van der Waals surface area (Å²) in [6.07, 6.45) is 3.96. The summed E-state index contributed by atoms with van der Waals surface area (Å²) in [5, 5.41) is 0. The summed E-state index contributed by atoms with van der Waals surface area (Å²) in [6.45, 7) is 0. The van der Waals surface area contributed by atoms with Gasteiger partial charge in [0.2, 0.25) is 0 Å². The second-order valence-electron chi connectivity index (χ2n) is 5.69. The fourth-order valence-corrected chi connectivity index (χ4v) is 5.27. The third-order valence-corrected chi connectivity index (χ3v) is 7.23. The SMILES string of the molecule is CS(=O)(=O)c1ccc(Br)c(S(=O)(=O)Oc2ccc3c(c2)CCC3)c1. The number of aryl methyl sites for hydroxylation is 2. The number of fused-ring (bicyclic) bond motifs is 1. The summed E-state index contributed by atoms with van der Waals surface area (Å²) >= 11 is 3.14. The molecule has 0 N–H and O–H groups in total. The minimum atomic E-state index is -4.16. The van der Waals surface area contributed by atoms with Crippen LogP contribution >= 0.6 is 15.9 Å². The van der Waals surface area contributed by atoms with Crippen LogP contribution in [0.2, 0.25) is 0 Å². The maximum atomic E-state index is 12.6. The van der Waals surface area contributed by atoms with Gasteiger partial charge in [-0.1, -0.05) is 6.07 Å². The highest BCUT2D eigenvalue weighted by molar-refractivity contribution is 9.10. The zero-order valence-corrected chi connectivity index (χ0v) is 16.0. The maximum Gasteiger partial charge on any atom is 0.340 e. The topological polar surface area (TPSA) is 77.5 Å². The minimum absolute atomic E-state index is 0.0816. The highest BCUT2D eigenvalue weighted by Crippen LogP contribution is 2.30. The molecule has 0 bridgehead atoms. The Labute approximate surface area is 149 Å². The fourth-order valence-electron chi connectivity index (χ4n) is 2.68. The van der Waals surface area contributed by atoms with Crippen molar-refractivity contribution in [3.8, 4) is 5.75 Å². The second-order valence-corrected chi connectivity index (χ2v) is 10.1. The molecule has 24 heavy (non-hydrogen) atoms. The van der Waals surface area contributed by atoms with Crippen molar-refractivity contribution in [3.05, 3.63) is 52.0 Å². The number of hydrogen-bond donors (Lipinski definition) is 0. The van der Waals surface area contributed by atoms with Gasteiger partial charge in [-0.25, -0.2) is 8.42 Å². The molecular weight excluding hydrogens is 416 g/mol. The first-order valence-corrected chi connectivity index (χ1v) is 11.3. The van der Waals surface area contributed by atoms with Crippen LogP contribution < -0.4 is 4.18 Å². The van der Waals surface area contributed by atoms with Gasteiger partial charge in [0, 0.05) is 10.7 Å². The molecule has 0 aliphatic heterocycles. The molecule has 128 valence electrons. The van der Waals surface area contributed by atoms with Crippen molar-refractivity contribution < 1.29 is 21.0 Å². The average molecular weight is 431 g/mol. The van der Waals surface area contributed by atoms with Crippen LogP contribution in [0.25, 0.3) is 0 Å². The Morgan fingerprint density at radius 2 is 1.67 bits per heavy atom. The monoisotopic (exact) mass is 430 g/mol. The van der Waals surface area contributed by atoms with Crippen LogP contribution in [-0.4, -0.2) is 23.1 Å². The van der Waals surface area contributed by atoms with Crippen molar-refractivity contribution in [1.29, 1.82) is 0 Å². The van der Waals surface area contributed by atoms with Crippen LogP contribution in [0.15, 0.2) is 50.7 Å². The molecule has 3 rings (SSSR count). The van der Waals surface area contributed by atoms with E-state index in [1.807, 2.05) is 6.07 Å². The molecular formula is C16H15BrO5S2. The molecule has 0 spiro atoms. The Hall–Kier alpha value is -1.38. The van der Waals surface area contributed by atoms with Gasteiger partial charge in [0.25, 0.3) is 0 Å². The summed E-state index contributed by atoms with van der Waals surface area (Å²) in [7, 11) is -7.68. The van der Waals surface area contributed by atoms with Crippen LogP contribution in [0.3, 0.4) is 0 Å². The number of halogens is 1. The zero-order chi connectivity index (χ0) is 17.5. The molecule has 0 aromatic heterocycles.